The molecule has 3 N–H and O–H groups in total. The predicted octanol–water partition coefficient (Wildman–Crippen LogP) is 1.63. The monoisotopic (exact) mass is 310 g/mol. The van der Waals surface area contributed by atoms with E-state index in [1.54, 1.807) is 24.3 Å². The van der Waals surface area contributed by atoms with Crippen molar-refractivity contribution in [2.24, 2.45) is 11.7 Å². The molecule has 21 heavy (non-hydrogen) atoms. The molecule has 0 aromatic heterocycles. The Bertz CT molecular complexity index is 581. The summed E-state index contributed by atoms with van der Waals surface area (Å²) in [7, 11) is -3.38. The Labute approximate surface area is 125 Å². The molecular weight excluding hydrogens is 288 g/mol. The smallest absolute Gasteiger partial charge is 0.240 e. The predicted molar refractivity (Wildman–Crippen MR) is 80.6 cm³/mol. The summed E-state index contributed by atoms with van der Waals surface area (Å²) >= 11 is 0. The molecule has 0 aliphatic heterocycles. The Balaban J connectivity index is 1.66. The topological polar surface area (TPSA) is 81.4 Å². The number of hydrogen-bond acceptors (Lipinski definition) is 4. The van der Waals surface area contributed by atoms with Crippen molar-refractivity contribution in [1.82, 2.24) is 4.72 Å². The maximum Gasteiger partial charge on any atom is 0.240 e. The van der Waals surface area contributed by atoms with E-state index in [2.05, 4.69) is 4.72 Å². The number of rotatable bonds is 6. The van der Waals surface area contributed by atoms with Crippen LogP contribution in [0.3, 0.4) is 0 Å². The molecule has 1 aromatic carbocycles. The third-order valence-corrected chi connectivity index (χ3v) is 5.75. The van der Waals surface area contributed by atoms with Gasteiger partial charge in [-0.1, -0.05) is 0 Å². The fourth-order valence-electron chi connectivity index (χ4n) is 2.79. The Kier molecular flexibility index (Phi) is 4.19. The molecule has 0 radical (unpaired) electrons. The quantitative estimate of drug-likeness (QED) is 0.837. The molecule has 5 nitrogen and oxygen atoms in total. The molecule has 2 aliphatic rings. The van der Waals surface area contributed by atoms with Gasteiger partial charge in [-0.05, 0) is 62.9 Å². The summed E-state index contributed by atoms with van der Waals surface area (Å²) in [6, 6.07) is 6.79. The third kappa shape index (κ3) is 3.56. The van der Waals surface area contributed by atoms with Crippen LogP contribution >= 0.6 is 0 Å². The molecular formula is C15H22N2O3S. The highest BCUT2D eigenvalue weighted by atomic mass is 32.2. The van der Waals surface area contributed by atoms with E-state index >= 15 is 0 Å². The van der Waals surface area contributed by atoms with Crippen LogP contribution in [0.4, 0.5) is 0 Å². The van der Waals surface area contributed by atoms with Gasteiger partial charge in [-0.25, -0.2) is 13.1 Å². The van der Waals surface area contributed by atoms with E-state index in [1.165, 1.54) is 0 Å². The van der Waals surface area contributed by atoms with Crippen LogP contribution in [-0.4, -0.2) is 27.1 Å². The van der Waals surface area contributed by atoms with Crippen LogP contribution in [0.2, 0.25) is 0 Å². The van der Waals surface area contributed by atoms with Crippen LogP contribution < -0.4 is 15.2 Å². The van der Waals surface area contributed by atoms with Gasteiger partial charge in [0, 0.05) is 12.0 Å². The minimum Gasteiger partial charge on any atom is -0.490 e. The fourth-order valence-corrected chi connectivity index (χ4v) is 4.09. The second kappa shape index (κ2) is 5.94. The van der Waals surface area contributed by atoms with E-state index in [1.807, 2.05) is 0 Å². The minimum absolute atomic E-state index is 0.120. The first-order valence-electron chi connectivity index (χ1n) is 7.57. The minimum atomic E-state index is -3.38. The van der Waals surface area contributed by atoms with E-state index in [-0.39, 0.29) is 12.1 Å². The summed E-state index contributed by atoms with van der Waals surface area (Å²) in [4.78, 5) is 0.295. The first kappa shape index (κ1) is 14.8. The molecule has 2 saturated carbocycles. The molecule has 0 heterocycles. The van der Waals surface area contributed by atoms with Gasteiger partial charge < -0.3 is 10.5 Å². The van der Waals surface area contributed by atoms with E-state index < -0.39 is 10.0 Å². The largest absolute Gasteiger partial charge is 0.490 e. The molecule has 0 amide bonds. The molecule has 3 rings (SSSR count). The highest BCUT2D eigenvalue weighted by Gasteiger charge is 2.29. The summed E-state index contributed by atoms with van der Waals surface area (Å²) in [5.41, 5.74) is 5.74. The summed E-state index contributed by atoms with van der Waals surface area (Å²) in [5, 5.41) is 0. The van der Waals surface area contributed by atoms with E-state index in [0.717, 1.165) is 32.1 Å². The molecule has 2 aliphatic carbocycles. The summed E-state index contributed by atoms with van der Waals surface area (Å²) in [6.45, 7) is 0.641. The van der Waals surface area contributed by atoms with Crippen molar-refractivity contribution in [1.29, 1.82) is 0 Å². The molecule has 116 valence electrons. The van der Waals surface area contributed by atoms with Crippen molar-refractivity contribution in [2.75, 3.05) is 6.54 Å². The van der Waals surface area contributed by atoms with Crippen molar-refractivity contribution in [2.45, 2.75) is 49.1 Å². The van der Waals surface area contributed by atoms with Gasteiger partial charge >= 0.3 is 0 Å². The highest BCUT2D eigenvalue weighted by molar-refractivity contribution is 7.89. The van der Waals surface area contributed by atoms with Gasteiger partial charge in [0.1, 0.15) is 11.9 Å². The standard InChI is InChI=1S/C15H22N2O3S/c16-10-11-2-1-3-15(11)20-13-6-8-14(9-7-13)21(18,19)17-12-4-5-12/h6-9,11-12,15,17H,1-5,10,16H2. The Morgan fingerprint density at radius 2 is 1.86 bits per heavy atom. The number of nitrogens with two attached hydrogens (primary N) is 1. The zero-order chi connectivity index (χ0) is 14.9. The normalized spacial score (nSPS) is 26.0. The Hall–Kier alpha value is -1.11. The maximum atomic E-state index is 12.1. The van der Waals surface area contributed by atoms with Crippen LogP contribution in [0.5, 0.6) is 5.75 Å². The Morgan fingerprint density at radius 1 is 1.14 bits per heavy atom. The van der Waals surface area contributed by atoms with Gasteiger partial charge in [-0.3, -0.25) is 0 Å². The molecule has 2 fully saturated rings. The van der Waals surface area contributed by atoms with Crippen molar-refractivity contribution in [3.8, 4) is 5.75 Å². The summed E-state index contributed by atoms with van der Waals surface area (Å²) in [6.07, 6.45) is 5.29. The van der Waals surface area contributed by atoms with Crippen molar-refractivity contribution in [3.63, 3.8) is 0 Å². The zero-order valence-corrected chi connectivity index (χ0v) is 12.8. The number of ether oxygens (including phenoxy) is 1. The maximum absolute atomic E-state index is 12.1. The molecule has 0 bridgehead atoms. The van der Waals surface area contributed by atoms with Gasteiger partial charge in [-0.15, -0.1) is 0 Å². The fraction of sp³-hybridized carbons (Fsp3) is 0.600. The summed E-state index contributed by atoms with van der Waals surface area (Å²) < 4.78 is 32.8. The number of nitrogens with one attached hydrogen (secondary N) is 1. The van der Waals surface area contributed by atoms with Crippen LogP contribution in [0.1, 0.15) is 32.1 Å². The van der Waals surface area contributed by atoms with E-state index in [0.29, 0.717) is 23.1 Å². The lowest BCUT2D eigenvalue weighted by Gasteiger charge is -2.20. The number of benzene rings is 1. The molecule has 6 heteroatoms. The molecule has 0 saturated heterocycles. The first-order chi connectivity index (χ1) is 10.1. The van der Waals surface area contributed by atoms with Crippen LogP contribution in [0, 0.1) is 5.92 Å². The van der Waals surface area contributed by atoms with Crippen LogP contribution in [-0.2, 0) is 10.0 Å². The molecule has 2 unspecified atom stereocenters. The number of hydrogen-bond donors (Lipinski definition) is 2. The van der Waals surface area contributed by atoms with Crippen molar-refractivity contribution < 1.29 is 13.2 Å². The van der Waals surface area contributed by atoms with Gasteiger partial charge in [-0.2, -0.15) is 0 Å². The van der Waals surface area contributed by atoms with E-state index in [4.69, 9.17) is 10.5 Å². The van der Waals surface area contributed by atoms with Crippen molar-refractivity contribution in [3.05, 3.63) is 24.3 Å². The lowest BCUT2D eigenvalue weighted by molar-refractivity contribution is 0.162. The van der Waals surface area contributed by atoms with Gasteiger partial charge in [0.05, 0.1) is 4.90 Å². The zero-order valence-electron chi connectivity index (χ0n) is 12.0. The van der Waals surface area contributed by atoms with Crippen molar-refractivity contribution >= 4 is 10.0 Å². The average Bonchev–Trinajstić information content (AvgIpc) is 3.15. The third-order valence-electron chi connectivity index (χ3n) is 4.21. The molecule has 0 spiro atoms. The molecule has 2 atom stereocenters. The second-order valence-electron chi connectivity index (χ2n) is 5.95. The van der Waals surface area contributed by atoms with Crippen LogP contribution in [0.25, 0.3) is 0 Å². The van der Waals surface area contributed by atoms with Gasteiger partial charge in [0.25, 0.3) is 0 Å². The number of sulfonamides is 1. The SMILES string of the molecule is NCC1CCCC1Oc1ccc(S(=O)(=O)NC2CC2)cc1. The van der Waals surface area contributed by atoms with Crippen LogP contribution in [0.15, 0.2) is 29.2 Å². The second-order valence-corrected chi connectivity index (χ2v) is 7.66. The first-order valence-corrected chi connectivity index (χ1v) is 9.06. The Morgan fingerprint density at radius 3 is 2.48 bits per heavy atom. The molecule has 1 aromatic rings. The van der Waals surface area contributed by atoms with E-state index in [9.17, 15) is 8.42 Å². The lowest BCUT2D eigenvalue weighted by Crippen LogP contribution is -2.27. The lowest BCUT2D eigenvalue weighted by atomic mass is 10.1. The van der Waals surface area contributed by atoms with Gasteiger partial charge in [0.15, 0.2) is 0 Å². The van der Waals surface area contributed by atoms with Gasteiger partial charge in [0.2, 0.25) is 10.0 Å². The summed E-state index contributed by atoms with van der Waals surface area (Å²) in [5.74, 6) is 1.12. The highest BCUT2D eigenvalue weighted by Crippen LogP contribution is 2.29. The average molecular weight is 310 g/mol.